The molecule has 0 aromatic carbocycles. The van der Waals surface area contributed by atoms with E-state index >= 15 is 0 Å². The van der Waals surface area contributed by atoms with Crippen LogP contribution in [0.5, 0.6) is 0 Å². The molecule has 0 amide bonds. The van der Waals surface area contributed by atoms with Crippen LogP contribution in [0.25, 0.3) is 0 Å². The van der Waals surface area contributed by atoms with Gasteiger partial charge in [0.05, 0.1) is 6.07 Å². The number of hydrogen-bond donors (Lipinski definition) is 0. The molecule has 0 rings (SSSR count). The van der Waals surface area contributed by atoms with Gasteiger partial charge in [-0.25, -0.2) is 0 Å². The first-order valence-electron chi connectivity index (χ1n) is 7.86. The zero-order chi connectivity index (χ0) is 13.5. The molecule has 0 aliphatic rings. The summed E-state index contributed by atoms with van der Waals surface area (Å²) in [7, 11) is 2.12. The van der Waals surface area contributed by atoms with E-state index in [0.29, 0.717) is 6.42 Å². The van der Waals surface area contributed by atoms with Crippen LogP contribution < -0.4 is 0 Å². The van der Waals surface area contributed by atoms with E-state index in [2.05, 4.69) is 24.9 Å². The highest BCUT2D eigenvalue weighted by Gasteiger charge is 1.97. The molecule has 0 aliphatic heterocycles. The second-order valence-corrected chi connectivity index (χ2v) is 5.39. The lowest BCUT2D eigenvalue weighted by atomic mass is 10.1. The van der Waals surface area contributed by atoms with E-state index in [1.54, 1.807) is 0 Å². The Morgan fingerprint density at radius 2 is 1.28 bits per heavy atom. The minimum Gasteiger partial charge on any atom is -0.305 e. The maximum Gasteiger partial charge on any atom is 0.0635 e. The van der Waals surface area contributed by atoms with E-state index in [-0.39, 0.29) is 0 Å². The van der Waals surface area contributed by atoms with Gasteiger partial charge in [-0.15, -0.1) is 0 Å². The van der Waals surface area contributed by atoms with Crippen LogP contribution in [0.2, 0.25) is 0 Å². The SMILES string of the molecule is CCCCCCCCCCCCN(C)CCC#N. The van der Waals surface area contributed by atoms with Crippen LogP contribution in [-0.2, 0) is 0 Å². The van der Waals surface area contributed by atoms with Crippen molar-refractivity contribution < 1.29 is 0 Å². The fourth-order valence-electron chi connectivity index (χ4n) is 2.22. The number of rotatable bonds is 13. The second kappa shape index (κ2) is 14.5. The molecule has 0 N–H and O–H groups in total. The van der Waals surface area contributed by atoms with Crippen LogP contribution in [0.1, 0.15) is 77.6 Å². The average molecular weight is 252 g/mol. The molecular weight excluding hydrogens is 220 g/mol. The molecule has 2 heteroatoms. The first kappa shape index (κ1) is 17.4. The zero-order valence-electron chi connectivity index (χ0n) is 12.6. The molecular formula is C16H32N2. The third-order valence-corrected chi connectivity index (χ3v) is 3.50. The van der Waals surface area contributed by atoms with E-state index in [9.17, 15) is 0 Å². The molecule has 0 radical (unpaired) electrons. The van der Waals surface area contributed by atoms with Crippen LogP contribution in [0, 0.1) is 11.3 Å². The Morgan fingerprint density at radius 3 is 1.78 bits per heavy atom. The van der Waals surface area contributed by atoms with Gasteiger partial charge in [0.15, 0.2) is 0 Å². The van der Waals surface area contributed by atoms with Crippen molar-refractivity contribution in [2.75, 3.05) is 20.1 Å². The van der Waals surface area contributed by atoms with Crippen molar-refractivity contribution in [1.82, 2.24) is 4.90 Å². The molecule has 0 saturated heterocycles. The van der Waals surface area contributed by atoms with Crippen LogP contribution in [0.3, 0.4) is 0 Å². The molecule has 0 aliphatic carbocycles. The third kappa shape index (κ3) is 13.5. The van der Waals surface area contributed by atoms with Gasteiger partial charge in [-0.2, -0.15) is 5.26 Å². The monoisotopic (exact) mass is 252 g/mol. The standard InChI is InChI=1S/C16H32N2/c1-3-4-5-6-7-8-9-10-11-12-15-18(2)16-13-14-17/h3-13,15-16H2,1-2H3. The van der Waals surface area contributed by atoms with Crippen molar-refractivity contribution in [3.8, 4) is 6.07 Å². The average Bonchev–Trinajstić information content (AvgIpc) is 2.38. The summed E-state index contributed by atoms with van der Waals surface area (Å²) in [4.78, 5) is 2.27. The molecule has 0 aromatic heterocycles. The fourth-order valence-corrected chi connectivity index (χ4v) is 2.22. The molecule has 0 heterocycles. The Hall–Kier alpha value is -0.550. The van der Waals surface area contributed by atoms with Gasteiger partial charge in [-0.3, -0.25) is 0 Å². The van der Waals surface area contributed by atoms with Gasteiger partial charge in [0, 0.05) is 13.0 Å². The fraction of sp³-hybridized carbons (Fsp3) is 0.938. The van der Waals surface area contributed by atoms with E-state index < -0.39 is 0 Å². The largest absolute Gasteiger partial charge is 0.305 e. The molecule has 2 nitrogen and oxygen atoms in total. The van der Waals surface area contributed by atoms with Gasteiger partial charge in [0.25, 0.3) is 0 Å². The van der Waals surface area contributed by atoms with Gasteiger partial charge in [0.2, 0.25) is 0 Å². The van der Waals surface area contributed by atoms with Crippen LogP contribution >= 0.6 is 0 Å². The number of nitriles is 1. The normalized spacial score (nSPS) is 10.8. The van der Waals surface area contributed by atoms with E-state index in [4.69, 9.17) is 5.26 Å². The topological polar surface area (TPSA) is 27.0 Å². The Balaban J connectivity index is 3.05. The van der Waals surface area contributed by atoms with E-state index in [1.807, 2.05) is 0 Å². The molecule has 106 valence electrons. The Labute approximate surface area is 114 Å². The van der Waals surface area contributed by atoms with Crippen molar-refractivity contribution in [2.45, 2.75) is 77.6 Å². The minimum absolute atomic E-state index is 0.661. The third-order valence-electron chi connectivity index (χ3n) is 3.50. The summed E-state index contributed by atoms with van der Waals surface area (Å²) in [6.45, 7) is 4.35. The predicted octanol–water partition coefficient (Wildman–Crippen LogP) is 4.75. The van der Waals surface area contributed by atoms with Gasteiger partial charge >= 0.3 is 0 Å². The summed E-state index contributed by atoms with van der Waals surface area (Å²) in [5.74, 6) is 0. The summed E-state index contributed by atoms with van der Waals surface area (Å²) in [5, 5.41) is 8.48. The molecule has 0 bridgehead atoms. The smallest absolute Gasteiger partial charge is 0.0635 e. The first-order chi connectivity index (χ1) is 8.81. The van der Waals surface area contributed by atoms with Crippen LogP contribution in [-0.4, -0.2) is 25.0 Å². The molecule has 0 fully saturated rings. The lowest BCUT2D eigenvalue weighted by molar-refractivity contribution is 0.331. The summed E-state index contributed by atoms with van der Waals surface area (Å²) >= 11 is 0. The number of nitrogens with zero attached hydrogens (tertiary/aromatic N) is 2. The van der Waals surface area contributed by atoms with Crippen LogP contribution in [0.15, 0.2) is 0 Å². The van der Waals surface area contributed by atoms with Gasteiger partial charge < -0.3 is 4.90 Å². The van der Waals surface area contributed by atoms with Gasteiger partial charge in [0.1, 0.15) is 0 Å². The summed E-state index contributed by atoms with van der Waals surface area (Å²) in [6, 6.07) is 2.20. The number of unbranched alkanes of at least 4 members (excludes halogenated alkanes) is 9. The van der Waals surface area contributed by atoms with Crippen molar-refractivity contribution in [3.63, 3.8) is 0 Å². The maximum atomic E-state index is 8.48. The maximum absolute atomic E-state index is 8.48. The van der Waals surface area contributed by atoms with Gasteiger partial charge in [-0.1, -0.05) is 64.7 Å². The van der Waals surface area contributed by atoms with E-state index in [0.717, 1.165) is 13.1 Å². The van der Waals surface area contributed by atoms with Crippen molar-refractivity contribution in [2.24, 2.45) is 0 Å². The highest BCUT2D eigenvalue weighted by molar-refractivity contribution is 4.70. The zero-order valence-corrected chi connectivity index (χ0v) is 12.6. The Kier molecular flexibility index (Phi) is 14.1. The highest BCUT2D eigenvalue weighted by atomic mass is 15.1. The van der Waals surface area contributed by atoms with Crippen molar-refractivity contribution in [1.29, 1.82) is 5.26 Å². The second-order valence-electron chi connectivity index (χ2n) is 5.39. The lowest BCUT2D eigenvalue weighted by Crippen LogP contribution is -2.20. The Morgan fingerprint density at radius 1 is 0.778 bits per heavy atom. The molecule has 0 aromatic rings. The highest BCUT2D eigenvalue weighted by Crippen LogP contribution is 2.10. The summed E-state index contributed by atoms with van der Waals surface area (Å²) < 4.78 is 0. The molecule has 0 unspecified atom stereocenters. The van der Waals surface area contributed by atoms with Crippen molar-refractivity contribution >= 4 is 0 Å². The summed E-state index contributed by atoms with van der Waals surface area (Å²) in [6.07, 6.45) is 14.6. The molecule has 0 saturated carbocycles. The minimum atomic E-state index is 0.661. The molecule has 0 spiro atoms. The Bertz CT molecular complexity index is 196. The van der Waals surface area contributed by atoms with Crippen LogP contribution in [0.4, 0.5) is 0 Å². The summed E-state index contributed by atoms with van der Waals surface area (Å²) in [5.41, 5.74) is 0. The molecule has 18 heavy (non-hydrogen) atoms. The quantitative estimate of drug-likeness (QED) is 0.442. The number of hydrogen-bond acceptors (Lipinski definition) is 2. The van der Waals surface area contributed by atoms with E-state index in [1.165, 1.54) is 64.2 Å². The van der Waals surface area contributed by atoms with Gasteiger partial charge in [-0.05, 0) is 20.0 Å². The first-order valence-corrected chi connectivity index (χ1v) is 7.86. The lowest BCUT2D eigenvalue weighted by Gasteiger charge is -2.14. The predicted molar refractivity (Wildman–Crippen MR) is 79.6 cm³/mol. The van der Waals surface area contributed by atoms with Crippen molar-refractivity contribution in [3.05, 3.63) is 0 Å². The molecule has 0 atom stereocenters.